The van der Waals surface area contributed by atoms with Gasteiger partial charge in [-0.05, 0) is 43.3 Å². The van der Waals surface area contributed by atoms with E-state index in [0.29, 0.717) is 17.2 Å². The number of esters is 1. The molecular weight excluding hydrogens is 370 g/mol. The highest BCUT2D eigenvalue weighted by atomic mass is 32.2. The molecule has 2 aromatic rings. The van der Waals surface area contributed by atoms with Gasteiger partial charge in [0.05, 0.1) is 25.6 Å². The van der Waals surface area contributed by atoms with Gasteiger partial charge in [0.15, 0.2) is 6.10 Å². The number of ether oxygens (including phenoxy) is 3. The maximum absolute atomic E-state index is 12.2. The molecule has 0 aliphatic heterocycles. The van der Waals surface area contributed by atoms with Crippen molar-refractivity contribution in [3.05, 3.63) is 54.1 Å². The molecule has 8 heteroatoms. The van der Waals surface area contributed by atoms with Gasteiger partial charge in [-0.1, -0.05) is 17.7 Å². The molecule has 2 rings (SSSR count). The smallest absolute Gasteiger partial charge is 0.336 e. The van der Waals surface area contributed by atoms with Crippen LogP contribution in [-0.2, 0) is 24.3 Å². The van der Waals surface area contributed by atoms with Crippen molar-refractivity contribution in [2.45, 2.75) is 13.0 Å². The topological polar surface area (TPSA) is 82.1 Å². The first kappa shape index (κ1) is 20.7. The van der Waals surface area contributed by atoms with E-state index in [2.05, 4.69) is 4.74 Å². The van der Waals surface area contributed by atoms with Gasteiger partial charge >= 0.3 is 5.97 Å². The molecule has 1 atom stereocenters. The second kappa shape index (κ2) is 8.88. The van der Waals surface area contributed by atoms with E-state index in [1.54, 1.807) is 24.3 Å². The number of nitrogens with zero attached hydrogens (tertiary/aromatic N) is 1. The van der Waals surface area contributed by atoms with Crippen molar-refractivity contribution in [2.24, 2.45) is 0 Å². The minimum absolute atomic E-state index is 0.194. The van der Waals surface area contributed by atoms with Gasteiger partial charge in [-0.2, -0.15) is 0 Å². The van der Waals surface area contributed by atoms with Gasteiger partial charge in [0.25, 0.3) is 0 Å². The zero-order valence-corrected chi connectivity index (χ0v) is 16.5. The number of hydrogen-bond donors (Lipinski definition) is 0. The molecule has 2 aromatic carbocycles. The molecule has 27 heavy (non-hydrogen) atoms. The van der Waals surface area contributed by atoms with Crippen LogP contribution >= 0.6 is 0 Å². The number of carbonyl (C=O) groups excluding carboxylic acids is 1. The minimum Gasteiger partial charge on any atom is -0.467 e. The molecule has 0 N–H and O–H groups in total. The Hall–Kier alpha value is -2.58. The predicted molar refractivity (Wildman–Crippen MR) is 103 cm³/mol. The van der Waals surface area contributed by atoms with Crippen LogP contribution in [-0.4, -0.2) is 47.5 Å². The summed E-state index contributed by atoms with van der Waals surface area (Å²) in [5.41, 5.74) is 1.51. The maximum Gasteiger partial charge on any atom is 0.336 e. The summed E-state index contributed by atoms with van der Waals surface area (Å²) in [6, 6.07) is 14.1. The van der Waals surface area contributed by atoms with Crippen LogP contribution < -0.4 is 9.04 Å². The van der Waals surface area contributed by atoms with Gasteiger partial charge in [-0.15, -0.1) is 0 Å². The lowest BCUT2D eigenvalue weighted by atomic mass is 10.2. The fourth-order valence-corrected chi connectivity index (χ4v) is 3.29. The number of rotatable bonds is 8. The normalized spacial score (nSPS) is 12.3. The fraction of sp³-hybridized carbons (Fsp3) is 0.316. The van der Waals surface area contributed by atoms with E-state index in [0.717, 1.165) is 16.1 Å². The summed E-state index contributed by atoms with van der Waals surface area (Å²) in [5, 5.41) is 0. The van der Waals surface area contributed by atoms with Crippen LogP contribution in [0.25, 0.3) is 0 Å². The fourth-order valence-electron chi connectivity index (χ4n) is 2.38. The van der Waals surface area contributed by atoms with Crippen LogP contribution in [0.4, 0.5) is 5.69 Å². The lowest BCUT2D eigenvalue weighted by Gasteiger charge is -2.25. The number of carbonyl (C=O) groups is 1. The van der Waals surface area contributed by atoms with Gasteiger partial charge in [0.2, 0.25) is 10.0 Å². The summed E-state index contributed by atoms with van der Waals surface area (Å²) in [6.07, 6.45) is 0.0291. The molecule has 0 amide bonds. The predicted octanol–water partition coefficient (Wildman–Crippen LogP) is 2.74. The molecule has 0 fully saturated rings. The van der Waals surface area contributed by atoms with Crippen molar-refractivity contribution in [2.75, 3.05) is 31.3 Å². The van der Waals surface area contributed by atoms with E-state index < -0.39 is 22.1 Å². The number of hydrogen-bond acceptors (Lipinski definition) is 6. The summed E-state index contributed by atoms with van der Waals surface area (Å²) >= 11 is 0. The molecule has 0 radical (unpaired) electrons. The zero-order chi connectivity index (χ0) is 20.0. The van der Waals surface area contributed by atoms with E-state index in [1.807, 2.05) is 31.2 Å². The summed E-state index contributed by atoms with van der Waals surface area (Å²) in [5.74, 6) is 0.594. The average Bonchev–Trinajstić information content (AvgIpc) is 2.64. The molecule has 0 aliphatic rings. The largest absolute Gasteiger partial charge is 0.467 e. The van der Waals surface area contributed by atoms with Gasteiger partial charge in [0, 0.05) is 7.11 Å². The van der Waals surface area contributed by atoms with Gasteiger partial charge < -0.3 is 14.2 Å². The Bertz CT molecular complexity index is 862. The summed E-state index contributed by atoms with van der Waals surface area (Å²) in [7, 11) is -1.10. The Labute approximate surface area is 159 Å². The van der Waals surface area contributed by atoms with Crippen molar-refractivity contribution in [3.63, 3.8) is 0 Å². The second-order valence-corrected chi connectivity index (χ2v) is 7.86. The summed E-state index contributed by atoms with van der Waals surface area (Å²) < 4.78 is 40.9. The molecule has 0 aliphatic carbocycles. The molecule has 1 unspecified atom stereocenters. The monoisotopic (exact) mass is 393 g/mol. The van der Waals surface area contributed by atoms with Crippen LogP contribution in [0.2, 0.25) is 0 Å². The molecule has 0 aromatic heterocycles. The Balaban J connectivity index is 2.21. The maximum atomic E-state index is 12.2. The highest BCUT2D eigenvalue weighted by molar-refractivity contribution is 7.92. The van der Waals surface area contributed by atoms with E-state index in [1.165, 1.54) is 14.2 Å². The van der Waals surface area contributed by atoms with Gasteiger partial charge in [0.1, 0.15) is 11.5 Å². The Morgan fingerprint density at radius 2 is 1.52 bits per heavy atom. The lowest BCUT2D eigenvalue weighted by Crippen LogP contribution is -2.41. The number of sulfonamides is 1. The first-order valence-corrected chi connectivity index (χ1v) is 10.0. The third-order valence-electron chi connectivity index (χ3n) is 3.86. The first-order valence-electron chi connectivity index (χ1n) is 8.17. The SMILES string of the molecule is COC(=O)C(CN(c1ccc(Oc2ccc(C)cc2)cc1)S(C)(=O)=O)OC. The zero-order valence-electron chi connectivity index (χ0n) is 15.7. The Morgan fingerprint density at radius 1 is 1.00 bits per heavy atom. The average molecular weight is 393 g/mol. The van der Waals surface area contributed by atoms with E-state index >= 15 is 0 Å². The standard InChI is InChI=1S/C19H23NO6S/c1-14-5-9-16(10-6-14)26-17-11-7-15(8-12-17)20(27(4,22)23)13-18(24-2)19(21)25-3/h5-12,18H,13H2,1-4H3. The summed E-state index contributed by atoms with van der Waals surface area (Å²) in [4.78, 5) is 11.7. The molecule has 7 nitrogen and oxygen atoms in total. The van der Waals surface area contributed by atoms with Crippen LogP contribution in [0.3, 0.4) is 0 Å². The third-order valence-corrected chi connectivity index (χ3v) is 5.02. The van der Waals surface area contributed by atoms with Crippen molar-refractivity contribution in [1.82, 2.24) is 0 Å². The highest BCUT2D eigenvalue weighted by Crippen LogP contribution is 2.26. The van der Waals surface area contributed by atoms with Crippen molar-refractivity contribution < 1.29 is 27.4 Å². The van der Waals surface area contributed by atoms with Crippen LogP contribution in [0.5, 0.6) is 11.5 Å². The summed E-state index contributed by atoms with van der Waals surface area (Å²) in [6.45, 7) is 1.79. The van der Waals surface area contributed by atoms with Crippen molar-refractivity contribution in [1.29, 1.82) is 0 Å². The van der Waals surface area contributed by atoms with E-state index in [-0.39, 0.29) is 6.54 Å². The van der Waals surface area contributed by atoms with Crippen LogP contribution in [0.15, 0.2) is 48.5 Å². The number of benzene rings is 2. The molecule has 0 bridgehead atoms. The van der Waals surface area contributed by atoms with Crippen LogP contribution in [0.1, 0.15) is 5.56 Å². The molecular formula is C19H23NO6S. The molecule has 0 saturated carbocycles. The minimum atomic E-state index is -3.64. The number of aryl methyl sites for hydroxylation is 1. The van der Waals surface area contributed by atoms with E-state index in [9.17, 15) is 13.2 Å². The lowest BCUT2D eigenvalue weighted by molar-refractivity contribution is -0.151. The third kappa shape index (κ3) is 5.70. The molecule has 0 spiro atoms. The molecule has 0 saturated heterocycles. The quantitative estimate of drug-likeness (QED) is 0.642. The van der Waals surface area contributed by atoms with Crippen molar-refractivity contribution in [3.8, 4) is 11.5 Å². The first-order chi connectivity index (χ1) is 12.7. The number of anilines is 1. The Morgan fingerprint density at radius 3 is 1.96 bits per heavy atom. The van der Waals surface area contributed by atoms with Crippen molar-refractivity contribution >= 4 is 21.7 Å². The van der Waals surface area contributed by atoms with E-state index in [4.69, 9.17) is 9.47 Å². The highest BCUT2D eigenvalue weighted by Gasteiger charge is 2.27. The van der Waals surface area contributed by atoms with Crippen LogP contribution in [0, 0.1) is 6.92 Å². The Kier molecular flexibility index (Phi) is 6.81. The van der Waals surface area contributed by atoms with Gasteiger partial charge in [-0.3, -0.25) is 4.31 Å². The molecule has 0 heterocycles. The second-order valence-electron chi connectivity index (χ2n) is 5.95. The molecule has 146 valence electrons. The van der Waals surface area contributed by atoms with Gasteiger partial charge in [-0.25, -0.2) is 13.2 Å². The number of methoxy groups -OCH3 is 2.